The van der Waals surface area contributed by atoms with Crippen molar-refractivity contribution in [1.29, 1.82) is 0 Å². The molecule has 2 saturated heterocycles. The first-order chi connectivity index (χ1) is 9.92. The molecule has 1 aromatic carbocycles. The third-order valence-electron chi connectivity index (χ3n) is 3.76. The van der Waals surface area contributed by atoms with Crippen LogP contribution in [0.15, 0.2) is 24.3 Å². The van der Waals surface area contributed by atoms with E-state index in [4.69, 9.17) is 4.74 Å². The monoisotopic (exact) mass is 314 g/mol. The fourth-order valence-electron chi connectivity index (χ4n) is 2.57. The smallest absolute Gasteiger partial charge is 0.239 e. The molecule has 0 radical (unpaired) electrons. The van der Waals surface area contributed by atoms with Gasteiger partial charge < -0.3 is 10.1 Å². The van der Waals surface area contributed by atoms with E-state index in [2.05, 4.69) is 10.0 Å². The molecule has 2 aliphatic rings. The van der Waals surface area contributed by atoms with Crippen molar-refractivity contribution in [3.63, 3.8) is 0 Å². The number of hydrogen-bond acceptors (Lipinski definition) is 4. The summed E-state index contributed by atoms with van der Waals surface area (Å²) < 4.78 is 44.0. The van der Waals surface area contributed by atoms with E-state index < -0.39 is 33.3 Å². The van der Waals surface area contributed by atoms with Gasteiger partial charge >= 0.3 is 0 Å². The Labute approximate surface area is 121 Å². The third-order valence-corrected chi connectivity index (χ3v) is 5.18. The first-order valence-electron chi connectivity index (χ1n) is 6.57. The Morgan fingerprint density at radius 3 is 2.62 bits per heavy atom. The Bertz CT molecular complexity index is 673. The molecule has 114 valence electrons. The molecule has 0 aromatic heterocycles. The van der Waals surface area contributed by atoms with Gasteiger partial charge in [-0.2, -0.15) is 0 Å². The van der Waals surface area contributed by atoms with Crippen LogP contribution in [0.3, 0.4) is 0 Å². The maximum Gasteiger partial charge on any atom is 0.239 e. The molecule has 0 saturated carbocycles. The molecule has 0 bridgehead atoms. The van der Waals surface area contributed by atoms with Gasteiger partial charge in [0, 0.05) is 5.56 Å². The topological polar surface area (TPSA) is 84.5 Å². The summed E-state index contributed by atoms with van der Waals surface area (Å²) in [7, 11) is -3.37. The molecule has 8 heteroatoms. The van der Waals surface area contributed by atoms with Gasteiger partial charge in [0.1, 0.15) is 17.4 Å². The van der Waals surface area contributed by atoms with Crippen LogP contribution in [0, 0.1) is 5.82 Å². The van der Waals surface area contributed by atoms with Crippen LogP contribution in [-0.4, -0.2) is 39.3 Å². The van der Waals surface area contributed by atoms with Gasteiger partial charge in [-0.05, 0) is 12.5 Å². The Hall–Kier alpha value is -1.51. The third kappa shape index (κ3) is 2.66. The van der Waals surface area contributed by atoms with E-state index in [1.165, 1.54) is 6.07 Å². The molecule has 2 heterocycles. The average Bonchev–Trinajstić information content (AvgIpc) is 2.75. The molecule has 3 rings (SSSR count). The molecule has 1 unspecified atom stereocenters. The Morgan fingerprint density at radius 2 is 2.10 bits per heavy atom. The van der Waals surface area contributed by atoms with E-state index in [1.54, 1.807) is 18.2 Å². The fourth-order valence-corrected chi connectivity index (χ4v) is 3.89. The van der Waals surface area contributed by atoms with Gasteiger partial charge in [-0.1, -0.05) is 18.2 Å². The number of sulfonamides is 1. The van der Waals surface area contributed by atoms with Crippen LogP contribution in [0.25, 0.3) is 0 Å². The van der Waals surface area contributed by atoms with Gasteiger partial charge in [0.05, 0.1) is 19.0 Å². The second-order valence-corrected chi connectivity index (χ2v) is 7.20. The predicted octanol–water partition coefficient (Wildman–Crippen LogP) is -0.141. The van der Waals surface area contributed by atoms with Crippen LogP contribution in [-0.2, 0) is 25.1 Å². The number of carbonyl (C=O) groups is 1. The van der Waals surface area contributed by atoms with Crippen molar-refractivity contribution in [2.45, 2.75) is 18.0 Å². The summed E-state index contributed by atoms with van der Waals surface area (Å²) in [5, 5.41) is 2.74. The molecule has 1 atom stereocenters. The summed E-state index contributed by atoms with van der Waals surface area (Å²) in [5.74, 6) is -0.954. The Balaban J connectivity index is 1.79. The minimum atomic E-state index is -3.37. The molecular weight excluding hydrogens is 299 g/mol. The molecule has 2 fully saturated rings. The number of nitrogens with one attached hydrogen (secondary N) is 2. The van der Waals surface area contributed by atoms with Crippen molar-refractivity contribution in [3.05, 3.63) is 35.6 Å². The summed E-state index contributed by atoms with van der Waals surface area (Å²) in [4.78, 5) is 12.2. The van der Waals surface area contributed by atoms with E-state index in [1.807, 2.05) is 0 Å². The zero-order valence-electron chi connectivity index (χ0n) is 11.1. The SMILES string of the molecule is O=C(NC1(c2ccccc2F)COC1)C1CCS(=O)(=O)N1. The van der Waals surface area contributed by atoms with Crippen LogP contribution in [0.5, 0.6) is 0 Å². The van der Waals surface area contributed by atoms with Gasteiger partial charge in [0.2, 0.25) is 15.9 Å². The lowest BCUT2D eigenvalue weighted by atomic mass is 9.87. The first-order valence-corrected chi connectivity index (χ1v) is 8.22. The van der Waals surface area contributed by atoms with Crippen molar-refractivity contribution in [3.8, 4) is 0 Å². The number of ether oxygens (including phenoxy) is 1. The van der Waals surface area contributed by atoms with Crippen molar-refractivity contribution in [2.24, 2.45) is 0 Å². The van der Waals surface area contributed by atoms with Crippen molar-refractivity contribution >= 4 is 15.9 Å². The van der Waals surface area contributed by atoms with E-state index in [9.17, 15) is 17.6 Å². The van der Waals surface area contributed by atoms with Crippen LogP contribution >= 0.6 is 0 Å². The van der Waals surface area contributed by atoms with E-state index in [0.29, 0.717) is 5.56 Å². The summed E-state index contributed by atoms with van der Waals surface area (Å²) in [6, 6.07) is 5.36. The van der Waals surface area contributed by atoms with Crippen LogP contribution < -0.4 is 10.0 Å². The summed E-state index contributed by atoms with van der Waals surface area (Å²) in [6.07, 6.45) is 0.211. The summed E-state index contributed by atoms with van der Waals surface area (Å²) in [5.41, 5.74) is -0.568. The second-order valence-electron chi connectivity index (χ2n) is 5.32. The van der Waals surface area contributed by atoms with Crippen LogP contribution in [0.4, 0.5) is 4.39 Å². The lowest BCUT2D eigenvalue weighted by molar-refractivity contribution is -0.135. The van der Waals surface area contributed by atoms with Crippen molar-refractivity contribution in [2.75, 3.05) is 19.0 Å². The summed E-state index contributed by atoms with van der Waals surface area (Å²) in [6.45, 7) is 0.332. The Kier molecular flexibility index (Phi) is 3.46. The molecule has 6 nitrogen and oxygen atoms in total. The molecular formula is C13H15FN2O4S. The molecule has 0 spiro atoms. The number of amides is 1. The lowest BCUT2D eigenvalue weighted by Gasteiger charge is -2.43. The minimum absolute atomic E-state index is 0.0751. The number of benzene rings is 1. The molecule has 2 N–H and O–H groups in total. The summed E-state index contributed by atoms with van der Waals surface area (Å²) >= 11 is 0. The van der Waals surface area contributed by atoms with Crippen molar-refractivity contribution in [1.82, 2.24) is 10.0 Å². The van der Waals surface area contributed by atoms with Gasteiger partial charge in [-0.15, -0.1) is 0 Å². The molecule has 2 aliphatic heterocycles. The van der Waals surface area contributed by atoms with Gasteiger partial charge in [-0.25, -0.2) is 17.5 Å². The van der Waals surface area contributed by atoms with Gasteiger partial charge in [-0.3, -0.25) is 4.79 Å². The Morgan fingerprint density at radius 1 is 1.38 bits per heavy atom. The maximum absolute atomic E-state index is 13.9. The van der Waals surface area contributed by atoms with E-state index in [0.717, 1.165) is 0 Å². The van der Waals surface area contributed by atoms with Gasteiger partial charge in [0.15, 0.2) is 0 Å². The van der Waals surface area contributed by atoms with Crippen LogP contribution in [0.1, 0.15) is 12.0 Å². The molecule has 21 heavy (non-hydrogen) atoms. The number of rotatable bonds is 3. The molecule has 1 aromatic rings. The number of carbonyl (C=O) groups excluding carboxylic acids is 1. The zero-order chi connectivity index (χ0) is 15.1. The lowest BCUT2D eigenvalue weighted by Crippen LogP contribution is -2.62. The fraction of sp³-hybridized carbons (Fsp3) is 0.462. The maximum atomic E-state index is 13.9. The molecule has 1 amide bonds. The number of hydrogen-bond donors (Lipinski definition) is 2. The number of halogens is 1. The van der Waals surface area contributed by atoms with E-state index in [-0.39, 0.29) is 25.4 Å². The first kappa shape index (κ1) is 14.4. The largest absolute Gasteiger partial charge is 0.376 e. The standard InChI is InChI=1S/C13H15FN2O4S/c14-10-4-2-1-3-9(10)13(7-20-8-13)15-12(17)11-5-6-21(18,19)16-11/h1-4,11,16H,5-8H2,(H,15,17). The highest BCUT2D eigenvalue weighted by molar-refractivity contribution is 7.89. The van der Waals surface area contributed by atoms with Crippen LogP contribution in [0.2, 0.25) is 0 Å². The highest BCUT2D eigenvalue weighted by Gasteiger charge is 2.45. The zero-order valence-corrected chi connectivity index (χ0v) is 12.0. The predicted molar refractivity (Wildman–Crippen MR) is 72.4 cm³/mol. The van der Waals surface area contributed by atoms with E-state index >= 15 is 0 Å². The van der Waals surface area contributed by atoms with Crippen molar-refractivity contribution < 1.29 is 22.3 Å². The molecule has 0 aliphatic carbocycles. The normalized spacial score (nSPS) is 26.0. The van der Waals surface area contributed by atoms with Gasteiger partial charge in [0.25, 0.3) is 0 Å². The highest BCUT2D eigenvalue weighted by atomic mass is 32.2. The average molecular weight is 314 g/mol. The highest BCUT2D eigenvalue weighted by Crippen LogP contribution is 2.31. The second kappa shape index (κ2) is 5.04. The minimum Gasteiger partial charge on any atom is -0.376 e. The quantitative estimate of drug-likeness (QED) is 0.813.